The number of rotatable bonds is 0. The molecule has 3 nitrogen and oxygen atoms in total. The van der Waals surface area contributed by atoms with Gasteiger partial charge in [0.15, 0.2) is 0 Å². The molecule has 0 aromatic rings. The number of piperidine rings is 3. The van der Waals surface area contributed by atoms with Crippen LogP contribution in [0.2, 0.25) is 0 Å². The standard InChI is InChI=1S/C10H17NOS.2ClH.H2O/c1-8-12-10(7-13-8)6-11-4-2-9(10)3-5-11;;;/h8-9H,2-7H2,1H3;2*1H;1H2/t8-,10-;;;/m1.../s1. The molecule has 4 rings (SSSR count). The van der Waals surface area contributed by atoms with Crippen LogP contribution in [0.25, 0.3) is 0 Å². The lowest BCUT2D eigenvalue weighted by Crippen LogP contribution is -2.60. The average molecular weight is 290 g/mol. The van der Waals surface area contributed by atoms with E-state index in [0.29, 0.717) is 5.44 Å². The summed E-state index contributed by atoms with van der Waals surface area (Å²) in [4.78, 5) is 2.58. The van der Waals surface area contributed by atoms with Gasteiger partial charge in [-0.05, 0) is 38.8 Å². The van der Waals surface area contributed by atoms with Crippen LogP contribution in [0.5, 0.6) is 0 Å². The summed E-state index contributed by atoms with van der Waals surface area (Å²) in [6.45, 7) is 6.02. The average Bonchev–Trinajstić information content (AvgIpc) is 2.49. The summed E-state index contributed by atoms with van der Waals surface area (Å²) in [5.41, 5.74) is 0.682. The zero-order chi connectivity index (χ0) is 8.89. The van der Waals surface area contributed by atoms with Crippen molar-refractivity contribution in [3.8, 4) is 0 Å². The molecular formula is C10H21Cl2NO2S. The Bertz CT molecular complexity index is 227. The SMILES string of the molecule is C[C@@H]1O[C@@]2(CS1)CN1CCC2CC1.Cl.Cl.O. The van der Waals surface area contributed by atoms with E-state index in [1.807, 2.05) is 11.8 Å². The molecule has 4 fully saturated rings. The third-order valence-electron chi connectivity index (χ3n) is 3.79. The zero-order valence-electron chi connectivity index (χ0n) is 9.48. The Labute approximate surface area is 114 Å². The molecule has 2 N–H and O–H groups in total. The fourth-order valence-corrected chi connectivity index (χ4v) is 4.25. The van der Waals surface area contributed by atoms with E-state index < -0.39 is 0 Å². The Hall–Kier alpha value is 0.810. The van der Waals surface area contributed by atoms with Gasteiger partial charge in [0.2, 0.25) is 0 Å². The molecule has 4 heterocycles. The number of hydrogen-bond donors (Lipinski definition) is 0. The van der Waals surface area contributed by atoms with E-state index in [2.05, 4.69) is 11.8 Å². The maximum atomic E-state index is 6.14. The number of thioether (sulfide) groups is 1. The van der Waals surface area contributed by atoms with Gasteiger partial charge in [-0.3, -0.25) is 0 Å². The molecule has 98 valence electrons. The fourth-order valence-electron chi connectivity index (χ4n) is 3.08. The van der Waals surface area contributed by atoms with E-state index in [-0.39, 0.29) is 35.9 Å². The third-order valence-corrected chi connectivity index (χ3v) is 5.01. The second-order valence-corrected chi connectivity index (χ2v) is 5.90. The van der Waals surface area contributed by atoms with Crippen molar-refractivity contribution in [1.82, 2.24) is 4.90 Å². The molecule has 1 spiro atoms. The second kappa shape index (κ2) is 6.12. The van der Waals surface area contributed by atoms with Gasteiger partial charge in [-0.1, -0.05) is 0 Å². The number of halogens is 2. The number of ether oxygens (including phenoxy) is 1. The van der Waals surface area contributed by atoms with Crippen LogP contribution in [0.1, 0.15) is 19.8 Å². The molecule has 2 bridgehead atoms. The molecule has 6 heteroatoms. The first-order valence-corrected chi connectivity index (χ1v) is 6.35. The van der Waals surface area contributed by atoms with Crippen LogP contribution >= 0.6 is 36.6 Å². The molecule has 16 heavy (non-hydrogen) atoms. The number of nitrogens with zero attached hydrogens (tertiary/aromatic N) is 1. The van der Waals surface area contributed by atoms with E-state index >= 15 is 0 Å². The van der Waals surface area contributed by atoms with E-state index in [9.17, 15) is 0 Å². The largest absolute Gasteiger partial charge is 0.412 e. The summed E-state index contributed by atoms with van der Waals surface area (Å²) in [6.07, 6.45) is 2.74. The fraction of sp³-hybridized carbons (Fsp3) is 1.00. The van der Waals surface area contributed by atoms with Crippen LogP contribution in [0, 0.1) is 5.92 Å². The van der Waals surface area contributed by atoms with Gasteiger partial charge >= 0.3 is 0 Å². The molecule has 0 amide bonds. The Kier molecular flexibility index (Phi) is 6.43. The predicted molar refractivity (Wildman–Crippen MR) is 73.0 cm³/mol. The quantitative estimate of drug-likeness (QED) is 0.680. The van der Waals surface area contributed by atoms with Crippen molar-refractivity contribution < 1.29 is 10.2 Å². The minimum absolute atomic E-state index is 0. The van der Waals surface area contributed by atoms with Gasteiger partial charge < -0.3 is 15.1 Å². The summed E-state index contributed by atoms with van der Waals surface area (Å²) >= 11 is 1.99. The molecule has 0 saturated carbocycles. The van der Waals surface area contributed by atoms with E-state index in [1.54, 1.807) is 0 Å². The van der Waals surface area contributed by atoms with Crippen LogP contribution in [-0.4, -0.2) is 46.8 Å². The maximum absolute atomic E-state index is 6.14. The van der Waals surface area contributed by atoms with Crippen molar-refractivity contribution in [3.05, 3.63) is 0 Å². The summed E-state index contributed by atoms with van der Waals surface area (Å²) < 4.78 is 6.14. The molecule has 0 aromatic heterocycles. The van der Waals surface area contributed by atoms with Gasteiger partial charge in [-0.15, -0.1) is 36.6 Å². The first-order chi connectivity index (χ1) is 6.28. The molecule has 0 aromatic carbocycles. The number of hydrogen-bond acceptors (Lipinski definition) is 3. The van der Waals surface area contributed by atoms with Crippen molar-refractivity contribution in [2.75, 3.05) is 25.4 Å². The minimum Gasteiger partial charge on any atom is -0.412 e. The molecule has 0 aliphatic carbocycles. The molecule has 2 atom stereocenters. The van der Waals surface area contributed by atoms with Crippen LogP contribution in [0.15, 0.2) is 0 Å². The van der Waals surface area contributed by atoms with Crippen LogP contribution in [0.4, 0.5) is 0 Å². The van der Waals surface area contributed by atoms with E-state index in [0.717, 1.165) is 5.92 Å². The Morgan fingerprint density at radius 2 is 1.88 bits per heavy atom. The first-order valence-electron chi connectivity index (χ1n) is 5.30. The topological polar surface area (TPSA) is 44.0 Å². The summed E-state index contributed by atoms with van der Waals surface area (Å²) in [6, 6.07) is 0. The lowest BCUT2D eigenvalue weighted by Gasteiger charge is -2.50. The minimum atomic E-state index is 0. The highest BCUT2D eigenvalue weighted by Gasteiger charge is 2.51. The highest BCUT2D eigenvalue weighted by atomic mass is 35.5. The van der Waals surface area contributed by atoms with Crippen molar-refractivity contribution in [2.24, 2.45) is 5.92 Å². The monoisotopic (exact) mass is 289 g/mol. The Morgan fingerprint density at radius 3 is 2.25 bits per heavy atom. The van der Waals surface area contributed by atoms with Gasteiger partial charge in [0.25, 0.3) is 0 Å². The van der Waals surface area contributed by atoms with Crippen molar-refractivity contribution in [3.63, 3.8) is 0 Å². The van der Waals surface area contributed by atoms with Gasteiger partial charge in [0.1, 0.15) is 5.44 Å². The molecule has 4 aliphatic heterocycles. The highest BCUT2D eigenvalue weighted by Crippen LogP contribution is 2.46. The molecule has 0 unspecified atom stereocenters. The summed E-state index contributed by atoms with van der Waals surface area (Å²) in [5.74, 6) is 2.09. The van der Waals surface area contributed by atoms with Crippen molar-refractivity contribution >= 4 is 36.6 Å². The highest BCUT2D eigenvalue weighted by molar-refractivity contribution is 8.00. The lowest BCUT2D eigenvalue weighted by molar-refractivity contribution is -0.133. The zero-order valence-corrected chi connectivity index (χ0v) is 11.9. The molecule has 0 radical (unpaired) electrons. The van der Waals surface area contributed by atoms with E-state index in [4.69, 9.17) is 4.74 Å². The van der Waals surface area contributed by atoms with Gasteiger partial charge in [0, 0.05) is 12.3 Å². The third kappa shape index (κ3) is 2.62. The Morgan fingerprint density at radius 1 is 1.25 bits per heavy atom. The smallest absolute Gasteiger partial charge is 0.101 e. The normalized spacial score (nSPS) is 44.4. The van der Waals surface area contributed by atoms with Gasteiger partial charge in [0.05, 0.1) is 5.60 Å². The van der Waals surface area contributed by atoms with Gasteiger partial charge in [-0.25, -0.2) is 0 Å². The van der Waals surface area contributed by atoms with Crippen LogP contribution < -0.4 is 0 Å². The predicted octanol–water partition coefficient (Wildman–Crippen LogP) is 1.58. The molecular weight excluding hydrogens is 269 g/mol. The second-order valence-electron chi connectivity index (χ2n) is 4.61. The van der Waals surface area contributed by atoms with Gasteiger partial charge in [-0.2, -0.15) is 0 Å². The Balaban J connectivity index is 0.000000750. The summed E-state index contributed by atoms with van der Waals surface area (Å²) in [7, 11) is 0. The van der Waals surface area contributed by atoms with E-state index in [1.165, 1.54) is 38.2 Å². The lowest BCUT2D eigenvalue weighted by atomic mass is 9.76. The molecule has 4 aliphatic rings. The van der Waals surface area contributed by atoms with Crippen molar-refractivity contribution in [1.29, 1.82) is 0 Å². The number of fused-ring (bicyclic) bond motifs is 2. The first kappa shape index (κ1) is 16.8. The summed E-state index contributed by atoms with van der Waals surface area (Å²) in [5, 5.41) is 0. The molecule has 4 saturated heterocycles. The van der Waals surface area contributed by atoms with Crippen molar-refractivity contribution in [2.45, 2.75) is 30.8 Å². The van der Waals surface area contributed by atoms with Crippen LogP contribution in [0.3, 0.4) is 0 Å². The maximum Gasteiger partial charge on any atom is 0.101 e. The van der Waals surface area contributed by atoms with Crippen LogP contribution in [-0.2, 0) is 4.74 Å².